The van der Waals surface area contributed by atoms with Crippen LogP contribution in [-0.2, 0) is 11.3 Å². The number of hydrogen-bond donors (Lipinski definition) is 2. The van der Waals surface area contributed by atoms with Gasteiger partial charge in [-0.1, -0.05) is 30.0 Å². The van der Waals surface area contributed by atoms with Crippen molar-refractivity contribution >= 4 is 34.7 Å². The first kappa shape index (κ1) is 20.5. The van der Waals surface area contributed by atoms with Crippen LogP contribution in [0.1, 0.15) is 11.3 Å². The average molecular weight is 437 g/mol. The number of para-hydroxylation sites is 1. The predicted octanol–water partition coefficient (Wildman–Crippen LogP) is 2.01. The second-order valence-corrected chi connectivity index (χ2v) is 7.54. The molecule has 1 aromatic carbocycles. The maximum atomic E-state index is 13.1. The first-order valence-corrected chi connectivity index (χ1v) is 10.3. The molecule has 3 aromatic heterocycles. The zero-order chi connectivity index (χ0) is 21.8. The lowest BCUT2D eigenvalue weighted by molar-refractivity contribution is -0.113. The summed E-state index contributed by atoms with van der Waals surface area (Å²) in [5.74, 6) is 0.854. The van der Waals surface area contributed by atoms with Gasteiger partial charge in [0.2, 0.25) is 5.91 Å². The zero-order valence-electron chi connectivity index (χ0n) is 16.8. The van der Waals surface area contributed by atoms with Crippen LogP contribution in [0, 0.1) is 6.92 Å². The third kappa shape index (κ3) is 4.56. The highest BCUT2D eigenvalue weighted by Gasteiger charge is 2.17. The summed E-state index contributed by atoms with van der Waals surface area (Å²) in [6.07, 6.45) is 2.92. The van der Waals surface area contributed by atoms with Crippen LogP contribution in [0.3, 0.4) is 0 Å². The number of benzene rings is 1. The Bertz CT molecular complexity index is 1300. The van der Waals surface area contributed by atoms with Crippen molar-refractivity contribution in [2.24, 2.45) is 0 Å². The van der Waals surface area contributed by atoms with Crippen molar-refractivity contribution in [2.45, 2.75) is 18.6 Å². The Morgan fingerprint density at radius 2 is 2.06 bits per heavy atom. The Morgan fingerprint density at radius 1 is 1.26 bits per heavy atom. The number of hydrogen-bond acceptors (Lipinski definition) is 8. The number of carbonyl (C=O) groups is 1. The molecule has 2 N–H and O–H groups in total. The zero-order valence-corrected chi connectivity index (χ0v) is 17.6. The number of aromatic nitrogens is 6. The molecule has 0 aliphatic rings. The molecule has 0 unspecified atom stereocenters. The van der Waals surface area contributed by atoms with Crippen molar-refractivity contribution in [1.82, 2.24) is 29.7 Å². The Balaban J connectivity index is 1.65. The van der Waals surface area contributed by atoms with Crippen LogP contribution >= 0.6 is 11.8 Å². The molecule has 1 amide bonds. The molecule has 0 saturated carbocycles. The lowest BCUT2D eigenvalue weighted by Gasteiger charge is -2.14. The first-order valence-electron chi connectivity index (χ1n) is 9.33. The van der Waals surface area contributed by atoms with Crippen molar-refractivity contribution in [2.75, 3.05) is 18.2 Å². The molecular formula is C20H19N7O3S. The van der Waals surface area contributed by atoms with Gasteiger partial charge in [-0.3, -0.25) is 19.3 Å². The van der Waals surface area contributed by atoms with Crippen LogP contribution in [0.25, 0.3) is 11.2 Å². The number of anilines is 1. The highest BCUT2D eigenvalue weighted by atomic mass is 32.2. The van der Waals surface area contributed by atoms with Crippen molar-refractivity contribution in [1.29, 1.82) is 0 Å². The van der Waals surface area contributed by atoms with Gasteiger partial charge in [-0.05, 0) is 13.0 Å². The smallest absolute Gasteiger partial charge is 0.282 e. The van der Waals surface area contributed by atoms with E-state index in [1.54, 1.807) is 13.2 Å². The van der Waals surface area contributed by atoms with Gasteiger partial charge in [0, 0.05) is 29.7 Å². The quantitative estimate of drug-likeness (QED) is 0.332. The van der Waals surface area contributed by atoms with E-state index >= 15 is 0 Å². The summed E-state index contributed by atoms with van der Waals surface area (Å²) < 4.78 is 6.88. The minimum atomic E-state index is -0.338. The van der Waals surface area contributed by atoms with Gasteiger partial charge in [0.15, 0.2) is 22.1 Å². The number of amides is 1. The highest BCUT2D eigenvalue weighted by Crippen LogP contribution is 2.22. The number of ether oxygens (including phenoxy) is 1. The fraction of sp³-hybridized carbons (Fsp3) is 0.200. The third-order valence-electron chi connectivity index (χ3n) is 4.39. The van der Waals surface area contributed by atoms with Crippen molar-refractivity contribution in [3.8, 4) is 5.75 Å². The molecule has 0 atom stereocenters. The minimum absolute atomic E-state index is 0.0377. The van der Waals surface area contributed by atoms with E-state index in [0.29, 0.717) is 16.7 Å². The molecule has 31 heavy (non-hydrogen) atoms. The Kier molecular flexibility index (Phi) is 5.94. The van der Waals surface area contributed by atoms with Crippen LogP contribution in [0.2, 0.25) is 0 Å². The Morgan fingerprint density at radius 3 is 2.84 bits per heavy atom. The first-order chi connectivity index (χ1) is 15.0. The number of aryl methyl sites for hydroxylation is 1. The summed E-state index contributed by atoms with van der Waals surface area (Å²) >= 11 is 1.14. The van der Waals surface area contributed by atoms with Crippen LogP contribution in [0.5, 0.6) is 5.75 Å². The van der Waals surface area contributed by atoms with Crippen LogP contribution in [0.15, 0.2) is 52.7 Å². The Labute approximate surface area is 181 Å². The minimum Gasteiger partial charge on any atom is -0.496 e. The van der Waals surface area contributed by atoms with Gasteiger partial charge in [-0.15, -0.1) is 0 Å². The van der Waals surface area contributed by atoms with E-state index in [4.69, 9.17) is 4.74 Å². The SMILES string of the molecule is COc1ccccc1Cn1c(SCC(=O)Nc2cc(C)[nH]n2)nc2nccnc2c1=O. The van der Waals surface area contributed by atoms with Crippen LogP contribution in [0.4, 0.5) is 5.82 Å². The maximum absolute atomic E-state index is 13.1. The summed E-state index contributed by atoms with van der Waals surface area (Å²) in [6, 6.07) is 9.13. The molecule has 0 bridgehead atoms. The molecule has 0 radical (unpaired) electrons. The number of H-pyrrole nitrogens is 1. The third-order valence-corrected chi connectivity index (χ3v) is 5.36. The summed E-state index contributed by atoms with van der Waals surface area (Å²) in [5, 5.41) is 9.82. The van der Waals surface area contributed by atoms with Gasteiger partial charge in [-0.25, -0.2) is 15.0 Å². The molecule has 0 aliphatic heterocycles. The number of thioether (sulfide) groups is 1. The number of nitrogens with one attached hydrogen (secondary N) is 2. The number of methoxy groups -OCH3 is 1. The normalized spacial score (nSPS) is 10.9. The largest absolute Gasteiger partial charge is 0.496 e. The molecule has 11 heteroatoms. The van der Waals surface area contributed by atoms with Gasteiger partial charge < -0.3 is 10.1 Å². The van der Waals surface area contributed by atoms with Gasteiger partial charge in [0.05, 0.1) is 19.4 Å². The number of rotatable bonds is 7. The topological polar surface area (TPSA) is 128 Å². The maximum Gasteiger partial charge on any atom is 0.282 e. The molecule has 10 nitrogen and oxygen atoms in total. The molecule has 0 spiro atoms. The number of carbonyl (C=O) groups excluding carboxylic acids is 1. The summed E-state index contributed by atoms with van der Waals surface area (Å²) in [5.41, 5.74) is 1.70. The molecule has 0 aliphatic carbocycles. The second kappa shape index (κ2) is 8.96. The van der Waals surface area contributed by atoms with Crippen LogP contribution < -0.4 is 15.6 Å². The van der Waals surface area contributed by atoms with Gasteiger partial charge in [0.1, 0.15) is 5.75 Å². The molecule has 0 fully saturated rings. The number of aromatic amines is 1. The molecular weight excluding hydrogens is 418 g/mol. The fourth-order valence-electron chi connectivity index (χ4n) is 2.97. The standard InChI is InChI=1S/C20H19N7O3S/c1-12-9-15(26-25-12)23-16(28)11-31-20-24-18-17(21-7-8-22-18)19(29)27(20)10-13-5-3-4-6-14(13)30-2/h3-9H,10-11H2,1-2H3,(H2,23,25,26,28). The fourth-order valence-corrected chi connectivity index (χ4v) is 3.76. The van der Waals surface area contributed by atoms with Crippen molar-refractivity contribution < 1.29 is 9.53 Å². The molecule has 158 valence electrons. The Hall–Kier alpha value is -3.73. The highest BCUT2D eigenvalue weighted by molar-refractivity contribution is 7.99. The molecule has 4 rings (SSSR count). The van der Waals surface area contributed by atoms with Gasteiger partial charge in [0.25, 0.3) is 5.56 Å². The van der Waals surface area contributed by atoms with E-state index in [-0.39, 0.29) is 34.9 Å². The van der Waals surface area contributed by atoms with E-state index < -0.39 is 0 Å². The van der Waals surface area contributed by atoms with E-state index in [9.17, 15) is 9.59 Å². The van der Waals surface area contributed by atoms with Gasteiger partial charge in [-0.2, -0.15) is 5.10 Å². The van der Waals surface area contributed by atoms with Gasteiger partial charge >= 0.3 is 0 Å². The number of fused-ring (bicyclic) bond motifs is 1. The van der Waals surface area contributed by atoms with Crippen molar-refractivity contribution in [3.05, 3.63) is 64.3 Å². The van der Waals surface area contributed by atoms with Crippen molar-refractivity contribution in [3.63, 3.8) is 0 Å². The van der Waals surface area contributed by atoms with Crippen LogP contribution in [-0.4, -0.2) is 48.5 Å². The van der Waals surface area contributed by atoms with E-state index in [1.807, 2.05) is 31.2 Å². The second-order valence-electron chi connectivity index (χ2n) is 6.60. The number of nitrogens with zero attached hydrogens (tertiary/aromatic N) is 5. The molecule has 4 aromatic rings. The predicted molar refractivity (Wildman–Crippen MR) is 116 cm³/mol. The summed E-state index contributed by atoms with van der Waals surface area (Å²) in [4.78, 5) is 38.3. The summed E-state index contributed by atoms with van der Waals surface area (Å²) in [6.45, 7) is 2.05. The summed E-state index contributed by atoms with van der Waals surface area (Å²) in [7, 11) is 1.57. The molecule has 0 saturated heterocycles. The van der Waals surface area contributed by atoms with E-state index in [1.165, 1.54) is 17.0 Å². The van der Waals surface area contributed by atoms with E-state index in [0.717, 1.165) is 23.0 Å². The lowest BCUT2D eigenvalue weighted by atomic mass is 10.2. The van der Waals surface area contributed by atoms with E-state index in [2.05, 4.69) is 30.5 Å². The lowest BCUT2D eigenvalue weighted by Crippen LogP contribution is -2.26. The monoisotopic (exact) mass is 437 g/mol. The average Bonchev–Trinajstić information content (AvgIpc) is 3.19. The molecule has 3 heterocycles.